The van der Waals surface area contributed by atoms with Gasteiger partial charge >= 0.3 is 0 Å². The van der Waals surface area contributed by atoms with Gasteiger partial charge in [-0.05, 0) is 88.5 Å². The maximum atomic E-state index is 12.4. The first-order valence-corrected chi connectivity index (χ1v) is 13.4. The molecule has 5 aromatic rings. The van der Waals surface area contributed by atoms with Crippen LogP contribution in [-0.2, 0) is 4.79 Å². The highest BCUT2D eigenvalue weighted by Gasteiger charge is 2.14. The van der Waals surface area contributed by atoms with Crippen molar-refractivity contribution < 1.29 is 13.9 Å². The quantitative estimate of drug-likeness (QED) is 0.186. The molecule has 37 heavy (non-hydrogen) atoms. The predicted octanol–water partition coefficient (Wildman–Crippen LogP) is 8.03. The van der Waals surface area contributed by atoms with Crippen molar-refractivity contribution in [1.82, 2.24) is 10.3 Å². The van der Waals surface area contributed by atoms with Gasteiger partial charge in [0.15, 0.2) is 17.3 Å². The van der Waals surface area contributed by atoms with Crippen LogP contribution in [0, 0.1) is 6.92 Å². The van der Waals surface area contributed by atoms with E-state index >= 15 is 0 Å². The lowest BCUT2D eigenvalue weighted by Crippen LogP contribution is -2.37. The summed E-state index contributed by atoms with van der Waals surface area (Å²) in [7, 11) is 0. The molecular weight excluding hydrogens is 642 g/mol. The van der Waals surface area contributed by atoms with Gasteiger partial charge in [-0.25, -0.2) is 4.98 Å². The van der Waals surface area contributed by atoms with Crippen LogP contribution >= 0.6 is 55.7 Å². The number of carbonyl (C=O) groups excluding carboxylic acids is 1. The lowest BCUT2D eigenvalue weighted by molar-refractivity contribution is -0.121. The Balaban J connectivity index is 1.27. The second-order valence-corrected chi connectivity index (χ2v) is 10.8. The van der Waals surface area contributed by atoms with Gasteiger partial charge in [-0.15, -0.1) is 0 Å². The molecule has 6 nitrogen and oxygen atoms in total. The molecule has 0 saturated heterocycles. The molecule has 1 amide bonds. The first-order valence-electron chi connectivity index (χ1n) is 11.1. The van der Waals surface area contributed by atoms with E-state index in [1.807, 2.05) is 55.5 Å². The number of aromatic nitrogens is 1. The number of ether oxygens (including phenoxy) is 1. The monoisotopic (exact) mass is 657 g/mol. The summed E-state index contributed by atoms with van der Waals surface area (Å²) in [5.41, 5.74) is 3.67. The fraction of sp³-hybridized carbons (Fsp3) is 0.0741. The summed E-state index contributed by atoms with van der Waals surface area (Å²) in [6.07, 6.45) is 0. The third kappa shape index (κ3) is 5.65. The molecule has 186 valence electrons. The van der Waals surface area contributed by atoms with Crippen molar-refractivity contribution in [2.75, 3.05) is 11.9 Å². The molecule has 1 aromatic heterocycles. The van der Waals surface area contributed by atoms with Gasteiger partial charge in [0.1, 0.15) is 11.3 Å². The zero-order chi connectivity index (χ0) is 26.1. The second kappa shape index (κ2) is 10.8. The minimum atomic E-state index is -0.383. The summed E-state index contributed by atoms with van der Waals surface area (Å²) in [5, 5.41) is 8.34. The van der Waals surface area contributed by atoms with Crippen molar-refractivity contribution in [3.8, 4) is 17.2 Å². The smallest absolute Gasteiger partial charge is 0.264 e. The Bertz CT molecular complexity index is 1670. The molecule has 0 saturated carbocycles. The number of amides is 1. The van der Waals surface area contributed by atoms with Crippen LogP contribution in [0.4, 0.5) is 5.69 Å². The van der Waals surface area contributed by atoms with E-state index < -0.39 is 0 Å². The number of aryl methyl sites for hydroxylation is 1. The van der Waals surface area contributed by atoms with Crippen LogP contribution in [0.25, 0.3) is 33.3 Å². The number of fused-ring (bicyclic) bond motifs is 2. The van der Waals surface area contributed by atoms with E-state index in [9.17, 15) is 4.79 Å². The summed E-state index contributed by atoms with van der Waals surface area (Å²) < 4.78 is 13.4. The molecular formula is C27H18Br2ClN3O3S. The van der Waals surface area contributed by atoms with Crippen molar-refractivity contribution in [1.29, 1.82) is 0 Å². The zero-order valence-corrected chi connectivity index (χ0v) is 24.0. The second-order valence-electron chi connectivity index (χ2n) is 8.17. The standard InChI is InChI=1S/C27H18Br2ClN3O3S/c1-14-10-15(28)11-20(29)25(14)35-13-24(34)33-27(37)31-16-8-9-23-22(12-16)32-26(36-23)19-6-2-5-18-17(19)4-3-7-21(18)30/h2-12H,13H2,1H3,(H2,31,33,34,37). The topological polar surface area (TPSA) is 76.4 Å². The van der Waals surface area contributed by atoms with E-state index in [2.05, 4.69) is 47.5 Å². The zero-order valence-electron chi connectivity index (χ0n) is 19.3. The lowest BCUT2D eigenvalue weighted by atomic mass is 10.0. The Hall–Kier alpha value is -2.98. The minimum absolute atomic E-state index is 0.145. The van der Waals surface area contributed by atoms with Crippen molar-refractivity contribution in [3.05, 3.63) is 86.3 Å². The predicted molar refractivity (Wildman–Crippen MR) is 158 cm³/mol. The Morgan fingerprint density at radius 3 is 2.68 bits per heavy atom. The third-order valence-electron chi connectivity index (χ3n) is 5.54. The van der Waals surface area contributed by atoms with E-state index in [0.29, 0.717) is 33.4 Å². The van der Waals surface area contributed by atoms with Crippen LogP contribution in [0.3, 0.4) is 0 Å². The highest BCUT2D eigenvalue weighted by Crippen LogP contribution is 2.34. The lowest BCUT2D eigenvalue weighted by Gasteiger charge is -2.13. The minimum Gasteiger partial charge on any atom is -0.482 e. The van der Waals surface area contributed by atoms with Gasteiger partial charge < -0.3 is 14.5 Å². The van der Waals surface area contributed by atoms with E-state index in [1.54, 1.807) is 18.2 Å². The normalized spacial score (nSPS) is 11.0. The molecule has 0 spiro atoms. The number of rotatable bonds is 5. The summed E-state index contributed by atoms with van der Waals surface area (Å²) >= 11 is 18.5. The maximum Gasteiger partial charge on any atom is 0.264 e. The molecule has 0 radical (unpaired) electrons. The molecule has 0 fully saturated rings. The molecule has 0 aliphatic carbocycles. The van der Waals surface area contributed by atoms with Crippen LogP contribution in [0.5, 0.6) is 5.75 Å². The van der Waals surface area contributed by atoms with E-state index in [-0.39, 0.29) is 17.6 Å². The number of carbonyl (C=O) groups is 1. The van der Waals surface area contributed by atoms with Crippen molar-refractivity contribution in [2.45, 2.75) is 6.92 Å². The molecule has 5 rings (SSSR count). The van der Waals surface area contributed by atoms with Crippen molar-refractivity contribution >= 4 is 94.3 Å². The number of hydrogen-bond acceptors (Lipinski definition) is 5. The Morgan fingerprint density at radius 1 is 1.08 bits per heavy atom. The number of nitrogens with zero attached hydrogens (tertiary/aromatic N) is 1. The molecule has 0 aliphatic heterocycles. The fourth-order valence-electron chi connectivity index (χ4n) is 3.91. The van der Waals surface area contributed by atoms with Gasteiger partial charge in [0, 0.05) is 26.1 Å². The van der Waals surface area contributed by atoms with Crippen molar-refractivity contribution in [3.63, 3.8) is 0 Å². The van der Waals surface area contributed by atoms with Crippen molar-refractivity contribution in [2.24, 2.45) is 0 Å². The highest BCUT2D eigenvalue weighted by molar-refractivity contribution is 9.11. The number of oxazole rings is 1. The first-order chi connectivity index (χ1) is 17.8. The molecule has 4 aromatic carbocycles. The summed E-state index contributed by atoms with van der Waals surface area (Å²) in [4.78, 5) is 17.1. The van der Waals surface area contributed by atoms with E-state index in [1.165, 1.54) is 0 Å². The number of hydrogen-bond donors (Lipinski definition) is 2. The average molecular weight is 660 g/mol. The van der Waals surface area contributed by atoms with E-state index in [0.717, 1.165) is 30.8 Å². The number of benzene rings is 4. The Labute approximate surface area is 239 Å². The van der Waals surface area contributed by atoms with Crippen LogP contribution < -0.4 is 15.4 Å². The Kier molecular flexibility index (Phi) is 7.48. The van der Waals surface area contributed by atoms with Crippen LogP contribution in [0.15, 0.2) is 80.1 Å². The SMILES string of the molecule is Cc1cc(Br)cc(Br)c1OCC(=O)NC(=S)Nc1ccc2oc(-c3cccc4c(Cl)cccc34)nc2c1. The van der Waals surface area contributed by atoms with Crippen LogP contribution in [-0.4, -0.2) is 22.6 Å². The molecule has 0 unspecified atom stereocenters. The van der Waals surface area contributed by atoms with Gasteiger partial charge in [0.2, 0.25) is 5.89 Å². The molecule has 0 aliphatic rings. The van der Waals surface area contributed by atoms with E-state index in [4.69, 9.17) is 33.0 Å². The number of thiocarbonyl (C=S) groups is 1. The summed E-state index contributed by atoms with van der Waals surface area (Å²) in [6, 6.07) is 20.7. The third-order valence-corrected chi connectivity index (χ3v) is 7.12. The summed E-state index contributed by atoms with van der Waals surface area (Å²) in [6.45, 7) is 1.71. The van der Waals surface area contributed by atoms with Crippen LogP contribution in [0.2, 0.25) is 5.02 Å². The molecule has 0 atom stereocenters. The number of nitrogens with one attached hydrogen (secondary N) is 2. The molecule has 0 bridgehead atoms. The average Bonchev–Trinajstić information content (AvgIpc) is 3.26. The fourth-order valence-corrected chi connectivity index (χ4v) is 5.94. The number of anilines is 1. The highest BCUT2D eigenvalue weighted by atomic mass is 79.9. The Morgan fingerprint density at radius 2 is 1.86 bits per heavy atom. The molecule has 2 N–H and O–H groups in total. The molecule has 1 heterocycles. The number of halogens is 3. The largest absolute Gasteiger partial charge is 0.482 e. The van der Waals surface area contributed by atoms with Gasteiger partial charge in [-0.2, -0.15) is 0 Å². The van der Waals surface area contributed by atoms with Gasteiger partial charge in [0.25, 0.3) is 5.91 Å². The van der Waals surface area contributed by atoms with Gasteiger partial charge in [-0.1, -0.05) is 51.8 Å². The molecule has 10 heteroatoms. The summed E-state index contributed by atoms with van der Waals surface area (Å²) in [5.74, 6) is 0.701. The van der Waals surface area contributed by atoms with Gasteiger partial charge in [-0.3, -0.25) is 10.1 Å². The first kappa shape index (κ1) is 25.7. The maximum absolute atomic E-state index is 12.4. The van der Waals surface area contributed by atoms with Gasteiger partial charge in [0.05, 0.1) is 4.47 Å². The van der Waals surface area contributed by atoms with Crippen LogP contribution in [0.1, 0.15) is 5.56 Å².